The molecule has 158 valence electrons. The summed E-state index contributed by atoms with van der Waals surface area (Å²) in [5, 5.41) is 9.50. The van der Waals surface area contributed by atoms with Crippen LogP contribution in [-0.2, 0) is 11.3 Å². The van der Waals surface area contributed by atoms with Gasteiger partial charge in [0.1, 0.15) is 5.60 Å². The standard InChI is InChI=1S/C23H23F2NO4/c24-23(25)11-9-22(10-12-23)15-26(21(29)30-22)13-20(28)17-7-5-16(6-8-17)19-4-2-1-3-18(19)14-27/h1-8,27H,9-15H2. The first-order valence-corrected chi connectivity index (χ1v) is 9.99. The number of benzene rings is 2. The van der Waals surface area contributed by atoms with Crippen LogP contribution in [0.4, 0.5) is 13.6 Å². The number of amides is 1. The van der Waals surface area contributed by atoms with Crippen LogP contribution in [0.25, 0.3) is 11.1 Å². The van der Waals surface area contributed by atoms with Crippen molar-refractivity contribution >= 4 is 11.9 Å². The molecule has 4 rings (SSSR count). The molecule has 1 aliphatic carbocycles. The summed E-state index contributed by atoms with van der Waals surface area (Å²) in [5.41, 5.74) is 2.10. The number of carbonyl (C=O) groups excluding carboxylic acids is 2. The zero-order chi connectivity index (χ0) is 21.4. The number of hydrogen-bond donors (Lipinski definition) is 1. The highest BCUT2D eigenvalue weighted by atomic mass is 19.3. The van der Waals surface area contributed by atoms with Gasteiger partial charge in [-0.25, -0.2) is 13.6 Å². The van der Waals surface area contributed by atoms with Gasteiger partial charge in [-0.15, -0.1) is 0 Å². The van der Waals surface area contributed by atoms with E-state index in [0.29, 0.717) is 5.56 Å². The van der Waals surface area contributed by atoms with Crippen molar-refractivity contribution in [3.05, 3.63) is 59.7 Å². The summed E-state index contributed by atoms with van der Waals surface area (Å²) in [6.45, 7) is -0.0687. The van der Waals surface area contributed by atoms with Crippen molar-refractivity contribution < 1.29 is 28.2 Å². The van der Waals surface area contributed by atoms with E-state index in [2.05, 4.69) is 0 Å². The van der Waals surface area contributed by atoms with Crippen LogP contribution in [0.15, 0.2) is 48.5 Å². The van der Waals surface area contributed by atoms with E-state index in [9.17, 15) is 23.5 Å². The van der Waals surface area contributed by atoms with E-state index < -0.39 is 17.6 Å². The molecule has 1 saturated carbocycles. The van der Waals surface area contributed by atoms with Gasteiger partial charge in [0.05, 0.1) is 19.7 Å². The van der Waals surface area contributed by atoms with Crippen LogP contribution < -0.4 is 0 Å². The number of alkyl halides is 2. The fourth-order valence-electron chi connectivity index (χ4n) is 4.19. The van der Waals surface area contributed by atoms with E-state index in [1.807, 2.05) is 24.3 Å². The second-order valence-electron chi connectivity index (χ2n) is 8.08. The SMILES string of the molecule is O=C(CN1CC2(CCC(F)(F)CC2)OC1=O)c1ccc(-c2ccccc2CO)cc1. The number of hydrogen-bond acceptors (Lipinski definition) is 4. The molecule has 30 heavy (non-hydrogen) atoms. The van der Waals surface area contributed by atoms with Gasteiger partial charge in [0.15, 0.2) is 5.78 Å². The van der Waals surface area contributed by atoms with Crippen LogP contribution in [0.2, 0.25) is 0 Å². The second kappa shape index (κ2) is 7.80. The van der Waals surface area contributed by atoms with Crippen molar-refractivity contribution in [2.45, 2.75) is 43.8 Å². The molecule has 5 nitrogen and oxygen atoms in total. The third-order valence-electron chi connectivity index (χ3n) is 5.97. The van der Waals surface area contributed by atoms with Crippen LogP contribution in [0.1, 0.15) is 41.6 Å². The fourth-order valence-corrected chi connectivity index (χ4v) is 4.19. The molecule has 1 spiro atoms. The summed E-state index contributed by atoms with van der Waals surface area (Å²) < 4.78 is 32.3. The third-order valence-corrected chi connectivity index (χ3v) is 5.97. The normalized spacial score (nSPS) is 19.7. The Morgan fingerprint density at radius 3 is 2.37 bits per heavy atom. The third kappa shape index (κ3) is 4.07. The molecule has 2 aliphatic rings. The largest absolute Gasteiger partial charge is 0.441 e. The second-order valence-corrected chi connectivity index (χ2v) is 8.08. The number of Topliss-reactive ketones (excluding diaryl/α,β-unsaturated/α-hetero) is 1. The number of aliphatic hydroxyl groups is 1. The molecule has 1 amide bonds. The van der Waals surface area contributed by atoms with Crippen LogP contribution in [0, 0.1) is 0 Å². The minimum atomic E-state index is -2.71. The number of rotatable bonds is 5. The van der Waals surface area contributed by atoms with Crippen molar-refractivity contribution in [3.63, 3.8) is 0 Å². The Labute approximate surface area is 173 Å². The molecule has 1 N–H and O–H groups in total. The number of ether oxygens (including phenoxy) is 1. The van der Waals surface area contributed by atoms with Crippen molar-refractivity contribution in [1.82, 2.24) is 4.90 Å². The molecule has 0 atom stereocenters. The van der Waals surface area contributed by atoms with Crippen molar-refractivity contribution in [2.75, 3.05) is 13.1 Å². The molecule has 2 aromatic carbocycles. The predicted octanol–water partition coefficient (Wildman–Crippen LogP) is 4.43. The molecule has 2 aromatic rings. The van der Waals surface area contributed by atoms with Gasteiger partial charge in [-0.2, -0.15) is 0 Å². The van der Waals surface area contributed by atoms with Crippen LogP contribution in [0.5, 0.6) is 0 Å². The van der Waals surface area contributed by atoms with E-state index in [0.717, 1.165) is 16.7 Å². The lowest BCUT2D eigenvalue weighted by molar-refractivity contribution is -0.0910. The summed E-state index contributed by atoms with van der Waals surface area (Å²) in [7, 11) is 0. The molecular formula is C23H23F2NO4. The Morgan fingerprint density at radius 1 is 1.03 bits per heavy atom. The lowest BCUT2D eigenvalue weighted by Gasteiger charge is -2.34. The molecule has 1 heterocycles. The molecule has 0 aromatic heterocycles. The van der Waals surface area contributed by atoms with Crippen molar-refractivity contribution in [1.29, 1.82) is 0 Å². The molecule has 7 heteroatoms. The van der Waals surface area contributed by atoms with E-state index in [-0.39, 0.29) is 51.2 Å². The molecular weight excluding hydrogens is 392 g/mol. The lowest BCUT2D eigenvalue weighted by Crippen LogP contribution is -2.42. The molecule has 2 fully saturated rings. The summed E-state index contributed by atoms with van der Waals surface area (Å²) in [6, 6.07) is 14.4. The predicted molar refractivity (Wildman–Crippen MR) is 106 cm³/mol. The van der Waals surface area contributed by atoms with Gasteiger partial charge in [0.25, 0.3) is 0 Å². The molecule has 0 unspecified atom stereocenters. The number of halogens is 2. The Kier molecular flexibility index (Phi) is 5.32. The maximum absolute atomic E-state index is 13.4. The average Bonchev–Trinajstić information content (AvgIpc) is 3.05. The first-order valence-electron chi connectivity index (χ1n) is 9.99. The highest BCUT2D eigenvalue weighted by Crippen LogP contribution is 2.43. The zero-order valence-electron chi connectivity index (χ0n) is 16.4. The van der Waals surface area contributed by atoms with Gasteiger partial charge in [-0.3, -0.25) is 9.69 Å². The molecule has 1 saturated heterocycles. The summed E-state index contributed by atoms with van der Waals surface area (Å²) >= 11 is 0. The highest BCUT2D eigenvalue weighted by molar-refractivity contribution is 5.99. The number of ketones is 1. The number of nitrogens with zero attached hydrogens (tertiary/aromatic N) is 1. The van der Waals surface area contributed by atoms with Crippen molar-refractivity contribution in [3.8, 4) is 11.1 Å². The number of aliphatic hydroxyl groups excluding tert-OH is 1. The highest BCUT2D eigenvalue weighted by Gasteiger charge is 2.51. The van der Waals surface area contributed by atoms with Gasteiger partial charge < -0.3 is 9.84 Å². The van der Waals surface area contributed by atoms with Gasteiger partial charge in [0.2, 0.25) is 5.92 Å². The van der Waals surface area contributed by atoms with Crippen LogP contribution in [-0.4, -0.2) is 46.5 Å². The minimum Gasteiger partial charge on any atom is -0.441 e. The zero-order valence-corrected chi connectivity index (χ0v) is 16.4. The van der Waals surface area contributed by atoms with E-state index >= 15 is 0 Å². The molecule has 0 radical (unpaired) electrons. The van der Waals surface area contributed by atoms with Crippen molar-refractivity contribution in [2.24, 2.45) is 0 Å². The minimum absolute atomic E-state index is 0.0817. The van der Waals surface area contributed by atoms with E-state index in [4.69, 9.17) is 4.74 Å². The van der Waals surface area contributed by atoms with E-state index in [1.54, 1.807) is 24.3 Å². The Morgan fingerprint density at radius 2 is 1.70 bits per heavy atom. The fraction of sp³-hybridized carbons (Fsp3) is 0.391. The maximum atomic E-state index is 13.4. The first kappa shape index (κ1) is 20.5. The lowest BCUT2D eigenvalue weighted by atomic mass is 9.82. The Hall–Kier alpha value is -2.80. The average molecular weight is 415 g/mol. The summed E-state index contributed by atoms with van der Waals surface area (Å²) in [4.78, 5) is 26.2. The Balaban J connectivity index is 1.42. The van der Waals surface area contributed by atoms with Gasteiger partial charge in [-0.05, 0) is 29.5 Å². The summed E-state index contributed by atoms with van der Waals surface area (Å²) in [5.74, 6) is -2.95. The molecule has 1 aliphatic heterocycles. The molecule has 0 bridgehead atoms. The van der Waals surface area contributed by atoms with Crippen LogP contribution in [0.3, 0.4) is 0 Å². The number of carbonyl (C=O) groups is 2. The maximum Gasteiger partial charge on any atom is 0.410 e. The van der Waals surface area contributed by atoms with Gasteiger partial charge in [0, 0.05) is 18.4 Å². The smallest absolute Gasteiger partial charge is 0.410 e. The van der Waals surface area contributed by atoms with E-state index in [1.165, 1.54) is 4.90 Å². The first-order chi connectivity index (χ1) is 14.3. The van der Waals surface area contributed by atoms with Gasteiger partial charge >= 0.3 is 6.09 Å². The van der Waals surface area contributed by atoms with Gasteiger partial charge in [-0.1, -0.05) is 48.5 Å². The Bertz CT molecular complexity index is 948. The summed E-state index contributed by atoms with van der Waals surface area (Å²) in [6.07, 6.45) is -1.02. The van der Waals surface area contributed by atoms with Crippen LogP contribution >= 0.6 is 0 Å². The topological polar surface area (TPSA) is 66.8 Å². The quantitative estimate of drug-likeness (QED) is 0.734. The monoisotopic (exact) mass is 415 g/mol.